The summed E-state index contributed by atoms with van der Waals surface area (Å²) in [7, 11) is 2.23. The molecule has 2 heteroatoms. The second kappa shape index (κ2) is 5.81. The molecule has 1 aromatic carbocycles. The van der Waals surface area contributed by atoms with Gasteiger partial charge in [0.2, 0.25) is 0 Å². The predicted octanol–water partition coefficient (Wildman–Crippen LogP) is 3.97. The van der Waals surface area contributed by atoms with Gasteiger partial charge in [0.25, 0.3) is 0 Å². The summed E-state index contributed by atoms with van der Waals surface area (Å²) in [5.74, 6) is 0.740. The van der Waals surface area contributed by atoms with Crippen molar-refractivity contribution in [2.75, 3.05) is 7.05 Å². The van der Waals surface area contributed by atoms with Crippen LogP contribution in [0, 0.1) is 5.92 Å². The van der Waals surface area contributed by atoms with Gasteiger partial charge in [0.15, 0.2) is 0 Å². The fourth-order valence-corrected chi connectivity index (χ4v) is 4.14. The van der Waals surface area contributed by atoms with E-state index in [-0.39, 0.29) is 11.3 Å². The van der Waals surface area contributed by atoms with E-state index in [4.69, 9.17) is 0 Å². The first-order valence-corrected chi connectivity index (χ1v) is 8.68. The zero-order valence-electron chi connectivity index (χ0n) is 14.4. The molecule has 0 N–H and O–H groups in total. The smallest absolute Gasteiger partial charge is 0.140 e. The fourth-order valence-electron chi connectivity index (χ4n) is 4.14. The molecule has 2 unspecified atom stereocenters. The van der Waals surface area contributed by atoms with Gasteiger partial charge in [0, 0.05) is 24.4 Å². The van der Waals surface area contributed by atoms with Crippen molar-refractivity contribution in [1.82, 2.24) is 4.90 Å². The molecule has 3 rings (SSSR count). The molecule has 2 bridgehead atoms. The quantitative estimate of drug-likeness (QED) is 0.842. The highest BCUT2D eigenvalue weighted by atomic mass is 16.1. The summed E-state index contributed by atoms with van der Waals surface area (Å²) in [6, 6.07) is 9.94. The van der Waals surface area contributed by atoms with Crippen molar-refractivity contribution in [2.45, 2.75) is 70.4 Å². The third kappa shape index (κ3) is 3.12. The molecule has 2 saturated heterocycles. The number of benzene rings is 1. The Morgan fingerprint density at radius 2 is 1.64 bits per heavy atom. The number of piperidine rings is 1. The number of carbonyl (C=O) groups excluding carboxylic acids is 1. The van der Waals surface area contributed by atoms with Crippen LogP contribution < -0.4 is 0 Å². The maximum atomic E-state index is 12.7. The largest absolute Gasteiger partial charge is 0.300 e. The van der Waals surface area contributed by atoms with Crippen LogP contribution >= 0.6 is 0 Å². The Bertz CT molecular complexity index is 526. The Kier molecular flexibility index (Phi) is 4.15. The first kappa shape index (κ1) is 15.7. The number of ketones is 1. The summed E-state index contributed by atoms with van der Waals surface area (Å²) >= 11 is 0. The lowest BCUT2D eigenvalue weighted by molar-refractivity contribution is -0.124. The molecule has 0 saturated carbocycles. The second-order valence-corrected chi connectivity index (χ2v) is 8.31. The van der Waals surface area contributed by atoms with E-state index in [9.17, 15) is 4.79 Å². The van der Waals surface area contributed by atoms with E-state index in [1.807, 2.05) is 0 Å². The van der Waals surface area contributed by atoms with Crippen LogP contribution in [-0.2, 0) is 16.6 Å². The number of carbonyl (C=O) groups is 1. The van der Waals surface area contributed by atoms with Crippen molar-refractivity contribution in [3.8, 4) is 0 Å². The van der Waals surface area contributed by atoms with Crippen LogP contribution in [0.3, 0.4) is 0 Å². The first-order valence-electron chi connectivity index (χ1n) is 8.68. The molecule has 22 heavy (non-hydrogen) atoms. The molecule has 120 valence electrons. The third-order valence-corrected chi connectivity index (χ3v) is 5.75. The number of rotatable bonds is 3. The highest BCUT2D eigenvalue weighted by Gasteiger charge is 2.40. The van der Waals surface area contributed by atoms with Gasteiger partial charge in [-0.25, -0.2) is 0 Å². The number of hydrogen-bond acceptors (Lipinski definition) is 2. The van der Waals surface area contributed by atoms with Gasteiger partial charge in [0.05, 0.1) is 0 Å². The molecule has 0 aliphatic carbocycles. The topological polar surface area (TPSA) is 20.3 Å². The SMILES string of the molecule is CN1C2CCC1CC(C(=O)Cc1ccc(C(C)(C)C)cc1)C2. The van der Waals surface area contributed by atoms with Crippen molar-refractivity contribution >= 4 is 5.78 Å². The molecule has 2 nitrogen and oxygen atoms in total. The minimum Gasteiger partial charge on any atom is -0.300 e. The molecule has 1 aromatic rings. The Labute approximate surface area is 134 Å². The minimum atomic E-state index is 0.176. The number of hydrogen-bond donors (Lipinski definition) is 0. The molecular weight excluding hydrogens is 270 g/mol. The van der Waals surface area contributed by atoms with Crippen LogP contribution in [0.1, 0.15) is 57.6 Å². The van der Waals surface area contributed by atoms with Crippen LogP contribution in [-0.4, -0.2) is 29.8 Å². The molecule has 2 heterocycles. The molecule has 2 atom stereocenters. The third-order valence-electron chi connectivity index (χ3n) is 5.75. The Morgan fingerprint density at radius 3 is 2.14 bits per heavy atom. The molecule has 0 radical (unpaired) electrons. The predicted molar refractivity (Wildman–Crippen MR) is 91.2 cm³/mol. The maximum absolute atomic E-state index is 12.7. The van der Waals surface area contributed by atoms with E-state index in [1.54, 1.807) is 0 Å². The molecule has 2 aliphatic heterocycles. The van der Waals surface area contributed by atoms with Crippen LogP contribution in [0.25, 0.3) is 0 Å². The highest BCUT2D eigenvalue weighted by molar-refractivity contribution is 5.83. The van der Waals surface area contributed by atoms with E-state index in [2.05, 4.69) is 57.0 Å². The van der Waals surface area contributed by atoms with Gasteiger partial charge in [-0.2, -0.15) is 0 Å². The Morgan fingerprint density at radius 1 is 1.09 bits per heavy atom. The highest BCUT2D eigenvalue weighted by Crippen LogP contribution is 2.38. The van der Waals surface area contributed by atoms with E-state index in [0.717, 1.165) is 12.8 Å². The van der Waals surface area contributed by atoms with Crippen molar-refractivity contribution in [3.63, 3.8) is 0 Å². The van der Waals surface area contributed by atoms with Crippen molar-refractivity contribution in [2.24, 2.45) is 5.92 Å². The number of fused-ring (bicyclic) bond motifs is 2. The Balaban J connectivity index is 1.63. The molecular formula is C20H29NO. The van der Waals surface area contributed by atoms with Gasteiger partial charge in [-0.05, 0) is 49.3 Å². The first-order chi connectivity index (χ1) is 10.3. The monoisotopic (exact) mass is 299 g/mol. The summed E-state index contributed by atoms with van der Waals surface area (Å²) in [6.45, 7) is 6.67. The minimum absolute atomic E-state index is 0.176. The van der Waals surface area contributed by atoms with Gasteiger partial charge in [0.1, 0.15) is 5.78 Å². The van der Waals surface area contributed by atoms with Crippen molar-refractivity contribution in [3.05, 3.63) is 35.4 Å². The van der Waals surface area contributed by atoms with Crippen LogP contribution in [0.4, 0.5) is 0 Å². The molecule has 2 fully saturated rings. The lowest BCUT2D eigenvalue weighted by Gasteiger charge is -2.35. The fraction of sp³-hybridized carbons (Fsp3) is 0.650. The maximum Gasteiger partial charge on any atom is 0.140 e. The van der Waals surface area contributed by atoms with Gasteiger partial charge in [-0.15, -0.1) is 0 Å². The summed E-state index contributed by atoms with van der Waals surface area (Å²) in [4.78, 5) is 15.2. The van der Waals surface area contributed by atoms with E-state index >= 15 is 0 Å². The van der Waals surface area contributed by atoms with Gasteiger partial charge in [-0.3, -0.25) is 4.79 Å². The average Bonchev–Trinajstić information content (AvgIpc) is 2.69. The molecule has 0 amide bonds. The number of nitrogens with zero attached hydrogens (tertiary/aromatic N) is 1. The lowest BCUT2D eigenvalue weighted by Crippen LogP contribution is -2.42. The average molecular weight is 299 g/mol. The van der Waals surface area contributed by atoms with E-state index in [0.29, 0.717) is 24.3 Å². The van der Waals surface area contributed by atoms with Crippen LogP contribution in [0.15, 0.2) is 24.3 Å². The van der Waals surface area contributed by atoms with Crippen LogP contribution in [0.5, 0.6) is 0 Å². The number of Topliss-reactive ketones (excluding diaryl/α,β-unsaturated/α-hetero) is 1. The summed E-state index contributed by atoms with van der Waals surface area (Å²) in [5, 5.41) is 0. The lowest BCUT2D eigenvalue weighted by atomic mass is 9.84. The van der Waals surface area contributed by atoms with Gasteiger partial charge < -0.3 is 4.90 Å². The van der Waals surface area contributed by atoms with Gasteiger partial charge in [-0.1, -0.05) is 45.0 Å². The van der Waals surface area contributed by atoms with E-state index in [1.165, 1.54) is 24.0 Å². The zero-order chi connectivity index (χ0) is 15.9. The summed E-state index contributed by atoms with van der Waals surface area (Å²) in [6.07, 6.45) is 5.33. The molecule has 0 aromatic heterocycles. The second-order valence-electron chi connectivity index (χ2n) is 8.31. The van der Waals surface area contributed by atoms with E-state index < -0.39 is 0 Å². The van der Waals surface area contributed by atoms with Crippen molar-refractivity contribution in [1.29, 1.82) is 0 Å². The van der Waals surface area contributed by atoms with Gasteiger partial charge >= 0.3 is 0 Å². The standard InChI is InChI=1S/C20H29NO/c1-20(2,3)16-7-5-14(6-8-16)11-19(22)15-12-17-9-10-18(13-15)21(17)4/h5-8,15,17-18H,9-13H2,1-4H3. The molecule has 0 spiro atoms. The summed E-state index contributed by atoms with van der Waals surface area (Å²) < 4.78 is 0. The molecule has 2 aliphatic rings. The zero-order valence-corrected chi connectivity index (χ0v) is 14.4. The summed E-state index contributed by atoms with van der Waals surface area (Å²) in [5.41, 5.74) is 2.68. The van der Waals surface area contributed by atoms with Crippen LogP contribution in [0.2, 0.25) is 0 Å². The Hall–Kier alpha value is -1.15. The van der Waals surface area contributed by atoms with Crippen molar-refractivity contribution < 1.29 is 4.79 Å². The normalized spacial score (nSPS) is 28.8.